The van der Waals surface area contributed by atoms with Crippen LogP contribution >= 0.6 is 0 Å². The first-order chi connectivity index (χ1) is 8.88. The van der Waals surface area contributed by atoms with Crippen molar-refractivity contribution in [2.45, 2.75) is 26.2 Å². The van der Waals surface area contributed by atoms with E-state index in [0.717, 1.165) is 21.6 Å². The van der Waals surface area contributed by atoms with Crippen LogP contribution in [-0.2, 0) is 14.4 Å². The standard InChI is InChI=1S/C14H15NO4/c1-8-3-9(2)5-10(4-8)11-6-12(16)15(14(11)19)7-13(17)18/h3-5,11H,6-7H2,1-2H3,(H,17,18). The van der Waals surface area contributed by atoms with Crippen molar-refractivity contribution in [3.63, 3.8) is 0 Å². The van der Waals surface area contributed by atoms with Gasteiger partial charge in [0.1, 0.15) is 6.54 Å². The molecule has 2 rings (SSSR count). The van der Waals surface area contributed by atoms with Crippen molar-refractivity contribution in [1.29, 1.82) is 0 Å². The molecule has 1 fully saturated rings. The van der Waals surface area contributed by atoms with Crippen molar-refractivity contribution >= 4 is 17.8 Å². The monoisotopic (exact) mass is 261 g/mol. The van der Waals surface area contributed by atoms with Gasteiger partial charge < -0.3 is 5.11 Å². The molecule has 1 heterocycles. The summed E-state index contributed by atoms with van der Waals surface area (Å²) < 4.78 is 0. The number of imide groups is 1. The summed E-state index contributed by atoms with van der Waals surface area (Å²) in [4.78, 5) is 35.3. The largest absolute Gasteiger partial charge is 0.480 e. The highest BCUT2D eigenvalue weighted by Crippen LogP contribution is 2.30. The number of carboxylic acid groups (broad SMARTS) is 1. The molecule has 5 nitrogen and oxygen atoms in total. The van der Waals surface area contributed by atoms with Crippen molar-refractivity contribution in [3.05, 3.63) is 34.9 Å². The molecule has 2 amide bonds. The molecular formula is C14H15NO4. The van der Waals surface area contributed by atoms with E-state index in [1.807, 2.05) is 32.0 Å². The summed E-state index contributed by atoms with van der Waals surface area (Å²) in [6.07, 6.45) is 0.0506. The minimum absolute atomic E-state index is 0.0506. The molecule has 0 aromatic heterocycles. The van der Waals surface area contributed by atoms with Crippen LogP contribution in [0.25, 0.3) is 0 Å². The van der Waals surface area contributed by atoms with Crippen molar-refractivity contribution in [3.8, 4) is 0 Å². The minimum atomic E-state index is -1.18. The Hall–Kier alpha value is -2.17. The van der Waals surface area contributed by atoms with Crippen LogP contribution < -0.4 is 0 Å². The quantitative estimate of drug-likeness (QED) is 0.830. The number of amides is 2. The number of carbonyl (C=O) groups excluding carboxylic acids is 2. The number of aliphatic carboxylic acids is 1. The molecular weight excluding hydrogens is 246 g/mol. The van der Waals surface area contributed by atoms with Crippen LogP contribution in [0.15, 0.2) is 18.2 Å². The van der Waals surface area contributed by atoms with Crippen LogP contribution in [0.2, 0.25) is 0 Å². The van der Waals surface area contributed by atoms with Gasteiger partial charge in [-0.1, -0.05) is 29.3 Å². The van der Waals surface area contributed by atoms with E-state index in [-0.39, 0.29) is 6.42 Å². The summed E-state index contributed by atoms with van der Waals surface area (Å²) in [5, 5.41) is 8.71. The number of hydrogen-bond acceptors (Lipinski definition) is 3. The topological polar surface area (TPSA) is 74.7 Å². The maximum absolute atomic E-state index is 12.1. The number of carbonyl (C=O) groups is 3. The van der Waals surface area contributed by atoms with Gasteiger partial charge in [0.2, 0.25) is 11.8 Å². The molecule has 1 aliphatic heterocycles. The summed E-state index contributed by atoms with van der Waals surface area (Å²) in [6.45, 7) is 3.29. The van der Waals surface area contributed by atoms with Crippen LogP contribution in [0, 0.1) is 13.8 Å². The second-order valence-electron chi connectivity index (χ2n) is 4.89. The maximum Gasteiger partial charge on any atom is 0.323 e. The molecule has 0 aliphatic carbocycles. The van der Waals surface area contributed by atoms with E-state index in [0.29, 0.717) is 0 Å². The van der Waals surface area contributed by atoms with E-state index >= 15 is 0 Å². The molecule has 1 aliphatic rings. The Labute approximate surface area is 110 Å². The SMILES string of the molecule is Cc1cc(C)cc(C2CC(=O)N(CC(=O)O)C2=O)c1. The third-order valence-corrected chi connectivity index (χ3v) is 3.18. The lowest BCUT2D eigenvalue weighted by molar-refractivity contribution is -0.148. The summed E-state index contributed by atoms with van der Waals surface area (Å²) in [7, 11) is 0. The average Bonchev–Trinajstić information content (AvgIpc) is 2.55. The number of benzene rings is 1. The third-order valence-electron chi connectivity index (χ3n) is 3.18. The molecule has 1 unspecified atom stereocenters. The predicted molar refractivity (Wildman–Crippen MR) is 67.6 cm³/mol. The van der Waals surface area contributed by atoms with Crippen molar-refractivity contribution < 1.29 is 19.5 Å². The highest BCUT2D eigenvalue weighted by atomic mass is 16.4. The smallest absolute Gasteiger partial charge is 0.323 e. The highest BCUT2D eigenvalue weighted by molar-refractivity contribution is 6.07. The van der Waals surface area contributed by atoms with Gasteiger partial charge in [-0.25, -0.2) is 0 Å². The molecule has 1 N–H and O–H groups in total. The molecule has 0 spiro atoms. The number of likely N-dealkylation sites (tertiary alicyclic amines) is 1. The lowest BCUT2D eigenvalue weighted by atomic mass is 9.94. The molecule has 0 radical (unpaired) electrons. The van der Waals surface area contributed by atoms with Gasteiger partial charge in [-0.3, -0.25) is 19.3 Å². The zero-order chi connectivity index (χ0) is 14.2. The van der Waals surface area contributed by atoms with Gasteiger partial charge >= 0.3 is 5.97 Å². The van der Waals surface area contributed by atoms with Gasteiger partial charge in [0.15, 0.2) is 0 Å². The normalized spacial score (nSPS) is 19.1. The highest BCUT2D eigenvalue weighted by Gasteiger charge is 2.40. The fraction of sp³-hybridized carbons (Fsp3) is 0.357. The zero-order valence-corrected chi connectivity index (χ0v) is 10.8. The molecule has 1 aromatic rings. The van der Waals surface area contributed by atoms with Gasteiger partial charge in [-0.05, 0) is 19.4 Å². The second kappa shape index (κ2) is 4.84. The summed E-state index contributed by atoms with van der Waals surface area (Å²) >= 11 is 0. The van der Waals surface area contributed by atoms with Gasteiger partial charge in [-0.2, -0.15) is 0 Å². The molecule has 1 saturated heterocycles. The number of aryl methyl sites for hydroxylation is 2. The van der Waals surface area contributed by atoms with Crippen LogP contribution in [-0.4, -0.2) is 34.3 Å². The lowest BCUT2D eigenvalue weighted by Gasteiger charge is -2.13. The van der Waals surface area contributed by atoms with E-state index in [4.69, 9.17) is 5.11 Å². The Morgan fingerprint density at radius 2 is 1.84 bits per heavy atom. The maximum atomic E-state index is 12.1. The fourth-order valence-electron chi connectivity index (χ4n) is 2.46. The number of hydrogen-bond donors (Lipinski definition) is 1. The van der Waals surface area contributed by atoms with Crippen molar-refractivity contribution in [1.82, 2.24) is 4.90 Å². The summed E-state index contributed by atoms with van der Waals surface area (Å²) in [5.74, 6) is -2.57. The van der Waals surface area contributed by atoms with Crippen molar-refractivity contribution in [2.24, 2.45) is 0 Å². The predicted octanol–water partition coefficient (Wildman–Crippen LogP) is 1.23. The van der Waals surface area contributed by atoms with Crippen molar-refractivity contribution in [2.75, 3.05) is 6.54 Å². The Balaban J connectivity index is 2.30. The van der Waals surface area contributed by atoms with Crippen LogP contribution in [0.1, 0.15) is 29.0 Å². The van der Waals surface area contributed by atoms with E-state index in [1.165, 1.54) is 0 Å². The Morgan fingerprint density at radius 1 is 1.26 bits per heavy atom. The molecule has 19 heavy (non-hydrogen) atoms. The Bertz CT molecular complexity index is 544. The first kappa shape index (κ1) is 13.3. The van der Waals surface area contributed by atoms with Gasteiger partial charge in [0, 0.05) is 6.42 Å². The molecule has 5 heteroatoms. The average molecular weight is 261 g/mol. The third kappa shape index (κ3) is 2.65. The van der Waals surface area contributed by atoms with E-state index < -0.39 is 30.2 Å². The number of nitrogens with zero attached hydrogens (tertiary/aromatic N) is 1. The minimum Gasteiger partial charge on any atom is -0.480 e. The number of carboxylic acids is 1. The lowest BCUT2D eigenvalue weighted by Crippen LogP contribution is -2.35. The number of rotatable bonds is 3. The summed E-state index contributed by atoms with van der Waals surface area (Å²) in [6, 6.07) is 5.72. The van der Waals surface area contributed by atoms with Crippen LogP contribution in [0.3, 0.4) is 0 Å². The van der Waals surface area contributed by atoms with Crippen LogP contribution in [0.5, 0.6) is 0 Å². The molecule has 0 saturated carbocycles. The first-order valence-electron chi connectivity index (χ1n) is 6.02. The van der Waals surface area contributed by atoms with Gasteiger partial charge in [0.05, 0.1) is 5.92 Å². The zero-order valence-electron chi connectivity index (χ0n) is 10.8. The molecule has 0 bridgehead atoms. The van der Waals surface area contributed by atoms with E-state index in [1.54, 1.807) is 0 Å². The molecule has 100 valence electrons. The van der Waals surface area contributed by atoms with Gasteiger partial charge in [-0.15, -0.1) is 0 Å². The van der Waals surface area contributed by atoms with Gasteiger partial charge in [0.25, 0.3) is 0 Å². The van der Waals surface area contributed by atoms with E-state index in [9.17, 15) is 14.4 Å². The second-order valence-corrected chi connectivity index (χ2v) is 4.89. The molecule has 1 atom stereocenters. The summed E-state index contributed by atoms with van der Waals surface area (Å²) in [5.41, 5.74) is 2.82. The Morgan fingerprint density at radius 3 is 2.37 bits per heavy atom. The fourth-order valence-corrected chi connectivity index (χ4v) is 2.46. The van der Waals surface area contributed by atoms with E-state index in [2.05, 4.69) is 0 Å². The first-order valence-corrected chi connectivity index (χ1v) is 6.02. The molecule has 1 aromatic carbocycles. The Kier molecular flexibility index (Phi) is 3.38. The van der Waals surface area contributed by atoms with Crippen LogP contribution in [0.4, 0.5) is 0 Å².